The van der Waals surface area contributed by atoms with Crippen molar-refractivity contribution in [2.75, 3.05) is 6.54 Å². The largest absolute Gasteiger partial charge is 0.444 e. The summed E-state index contributed by atoms with van der Waals surface area (Å²) < 4.78 is 10.7. The molecular weight excluding hydrogens is 412 g/mol. The predicted molar refractivity (Wildman–Crippen MR) is 119 cm³/mol. The van der Waals surface area contributed by atoms with Gasteiger partial charge < -0.3 is 19.6 Å². The van der Waals surface area contributed by atoms with Crippen LogP contribution in [0.1, 0.15) is 59.1 Å². The quantitative estimate of drug-likeness (QED) is 0.572. The number of benzene rings is 1. The van der Waals surface area contributed by atoms with E-state index in [1.807, 2.05) is 30.0 Å². The molecule has 10 heteroatoms. The maximum Gasteiger partial charge on any atom is 0.408 e. The van der Waals surface area contributed by atoms with E-state index in [0.29, 0.717) is 48.1 Å². The van der Waals surface area contributed by atoms with E-state index in [0.717, 1.165) is 0 Å². The van der Waals surface area contributed by atoms with Crippen LogP contribution in [0.15, 0.2) is 33.6 Å². The minimum Gasteiger partial charge on any atom is -0.444 e. The molecule has 0 fully saturated rings. The lowest BCUT2D eigenvalue weighted by molar-refractivity contribution is 0.0465. The van der Waals surface area contributed by atoms with Gasteiger partial charge in [-0.2, -0.15) is 4.98 Å². The molecule has 0 aliphatic carbocycles. The maximum atomic E-state index is 12.3. The number of fused-ring (bicyclic) bond motifs is 1. The third-order valence-electron chi connectivity index (χ3n) is 4.68. The van der Waals surface area contributed by atoms with Crippen molar-refractivity contribution >= 4 is 17.0 Å². The van der Waals surface area contributed by atoms with Gasteiger partial charge in [-0.3, -0.25) is 9.69 Å². The Bertz CT molecular complexity index is 1150. The lowest BCUT2D eigenvalue weighted by atomic mass is 10.1. The van der Waals surface area contributed by atoms with Crippen LogP contribution in [0, 0.1) is 0 Å². The molecule has 2 aromatic heterocycles. The molecule has 0 unspecified atom stereocenters. The highest BCUT2D eigenvalue weighted by atomic mass is 16.6. The number of rotatable bonds is 7. The molecule has 0 aliphatic heterocycles. The Hall–Kier alpha value is -3.27. The smallest absolute Gasteiger partial charge is 0.408 e. The summed E-state index contributed by atoms with van der Waals surface area (Å²) in [5.74, 6) is 1.29. The molecule has 2 N–H and O–H groups in total. The first-order valence-electron chi connectivity index (χ1n) is 10.5. The van der Waals surface area contributed by atoms with E-state index < -0.39 is 17.2 Å². The highest BCUT2D eigenvalue weighted by molar-refractivity contribution is 5.77. The molecule has 0 bridgehead atoms. The second-order valence-electron chi connectivity index (χ2n) is 9.10. The fourth-order valence-corrected chi connectivity index (χ4v) is 3.08. The van der Waals surface area contributed by atoms with Crippen molar-refractivity contribution in [2.45, 2.75) is 65.8 Å². The molecule has 0 saturated heterocycles. The summed E-state index contributed by atoms with van der Waals surface area (Å²) in [4.78, 5) is 38.3. The summed E-state index contributed by atoms with van der Waals surface area (Å²) >= 11 is 0. The van der Waals surface area contributed by atoms with Crippen LogP contribution in [0.25, 0.3) is 10.9 Å². The van der Waals surface area contributed by atoms with Gasteiger partial charge >= 0.3 is 6.09 Å². The SMILES string of the molecule is CCN(Cc1nc2ccccc2c(=O)[nH]1)Cc1nc(C(C)(C)NC(=O)OC(C)(C)C)no1. The number of nitrogens with one attached hydrogen (secondary N) is 2. The fraction of sp³-hybridized carbons (Fsp3) is 0.500. The van der Waals surface area contributed by atoms with Crippen LogP contribution < -0.4 is 10.9 Å². The van der Waals surface area contributed by atoms with E-state index in [1.165, 1.54) is 0 Å². The molecular formula is C22H30N6O4. The molecule has 1 amide bonds. The summed E-state index contributed by atoms with van der Waals surface area (Å²) in [6.07, 6.45) is -0.560. The van der Waals surface area contributed by atoms with Gasteiger partial charge in [0.1, 0.15) is 17.0 Å². The number of aromatic amines is 1. The standard InChI is InChI=1S/C22H30N6O4/c1-7-28(12-16-23-15-11-9-8-10-14(15)18(29)24-16)13-17-25-19(27-32-17)22(5,6)26-20(30)31-21(2,3)4/h8-11H,7,12-13H2,1-6H3,(H,26,30)(H,23,24,29). The van der Waals surface area contributed by atoms with E-state index in [2.05, 4.69) is 25.4 Å². The number of hydrogen-bond donors (Lipinski definition) is 2. The Kier molecular flexibility index (Phi) is 6.63. The van der Waals surface area contributed by atoms with Crippen molar-refractivity contribution in [3.05, 3.63) is 52.2 Å². The molecule has 3 rings (SSSR count). The number of para-hydroxylation sites is 1. The first kappa shape index (κ1) is 23.4. The van der Waals surface area contributed by atoms with E-state index >= 15 is 0 Å². The molecule has 0 spiro atoms. The van der Waals surface area contributed by atoms with Crippen LogP contribution in [0.4, 0.5) is 4.79 Å². The molecule has 0 radical (unpaired) electrons. The normalized spacial score (nSPS) is 12.3. The maximum absolute atomic E-state index is 12.3. The number of hydrogen-bond acceptors (Lipinski definition) is 8. The lowest BCUT2D eigenvalue weighted by Crippen LogP contribution is -2.44. The third kappa shape index (κ3) is 5.91. The van der Waals surface area contributed by atoms with Crippen molar-refractivity contribution in [3.8, 4) is 0 Å². The Morgan fingerprint density at radius 2 is 1.88 bits per heavy atom. The zero-order valence-electron chi connectivity index (χ0n) is 19.4. The number of carbonyl (C=O) groups is 1. The molecule has 3 aromatic rings. The van der Waals surface area contributed by atoms with Gasteiger partial charge in [-0.05, 0) is 53.3 Å². The van der Waals surface area contributed by atoms with Gasteiger partial charge in [-0.15, -0.1) is 0 Å². The fourth-order valence-electron chi connectivity index (χ4n) is 3.08. The molecule has 1 aromatic carbocycles. The summed E-state index contributed by atoms with van der Waals surface area (Å²) in [7, 11) is 0. The first-order chi connectivity index (χ1) is 15.0. The number of carbonyl (C=O) groups excluding carboxylic acids is 1. The number of nitrogens with zero attached hydrogens (tertiary/aromatic N) is 4. The van der Waals surface area contributed by atoms with E-state index in [-0.39, 0.29) is 5.56 Å². The highest BCUT2D eigenvalue weighted by Crippen LogP contribution is 2.19. The molecule has 0 atom stereocenters. The molecule has 10 nitrogen and oxygen atoms in total. The second-order valence-corrected chi connectivity index (χ2v) is 9.10. The average Bonchev–Trinajstić information content (AvgIpc) is 3.15. The Labute approximate surface area is 186 Å². The summed E-state index contributed by atoms with van der Waals surface area (Å²) in [6, 6.07) is 7.22. The Morgan fingerprint density at radius 1 is 1.16 bits per heavy atom. The zero-order chi connectivity index (χ0) is 23.5. The summed E-state index contributed by atoms with van der Waals surface area (Å²) in [5, 5.41) is 7.35. The summed E-state index contributed by atoms with van der Waals surface area (Å²) in [5.41, 5.74) is -1.01. The van der Waals surface area contributed by atoms with Crippen LogP contribution in [0.2, 0.25) is 0 Å². The lowest BCUT2D eigenvalue weighted by Gasteiger charge is -2.26. The summed E-state index contributed by atoms with van der Waals surface area (Å²) in [6.45, 7) is 12.4. The second kappa shape index (κ2) is 9.07. The van der Waals surface area contributed by atoms with E-state index in [1.54, 1.807) is 40.7 Å². The topological polar surface area (TPSA) is 126 Å². The Morgan fingerprint density at radius 3 is 2.56 bits per heavy atom. The van der Waals surface area contributed by atoms with E-state index in [9.17, 15) is 9.59 Å². The highest BCUT2D eigenvalue weighted by Gasteiger charge is 2.31. The van der Waals surface area contributed by atoms with E-state index in [4.69, 9.17) is 9.26 Å². The van der Waals surface area contributed by atoms with Gasteiger partial charge in [0.15, 0.2) is 5.82 Å². The third-order valence-corrected chi connectivity index (χ3v) is 4.68. The minimum atomic E-state index is -0.883. The molecule has 32 heavy (non-hydrogen) atoms. The number of ether oxygens (including phenoxy) is 1. The van der Waals surface area contributed by atoms with Crippen molar-refractivity contribution in [3.63, 3.8) is 0 Å². The molecule has 0 saturated carbocycles. The van der Waals surface area contributed by atoms with Gasteiger partial charge in [0.2, 0.25) is 5.89 Å². The van der Waals surface area contributed by atoms with Gasteiger partial charge in [0.25, 0.3) is 5.56 Å². The molecule has 0 aliphatic rings. The van der Waals surface area contributed by atoms with Crippen LogP contribution in [0.5, 0.6) is 0 Å². The van der Waals surface area contributed by atoms with Gasteiger partial charge in [0.05, 0.1) is 24.0 Å². The van der Waals surface area contributed by atoms with Crippen LogP contribution in [0.3, 0.4) is 0 Å². The monoisotopic (exact) mass is 442 g/mol. The van der Waals surface area contributed by atoms with Crippen molar-refractivity contribution in [2.24, 2.45) is 0 Å². The Balaban J connectivity index is 1.69. The molecule has 172 valence electrons. The number of amides is 1. The number of alkyl carbamates (subject to hydrolysis) is 1. The van der Waals surface area contributed by atoms with Crippen molar-refractivity contribution in [1.29, 1.82) is 0 Å². The predicted octanol–water partition coefficient (Wildman–Crippen LogP) is 3.09. The van der Waals surface area contributed by atoms with Crippen molar-refractivity contribution in [1.82, 2.24) is 30.3 Å². The van der Waals surface area contributed by atoms with Gasteiger partial charge in [-0.25, -0.2) is 9.78 Å². The van der Waals surface area contributed by atoms with Crippen LogP contribution in [-0.2, 0) is 23.4 Å². The van der Waals surface area contributed by atoms with Gasteiger partial charge in [0, 0.05) is 0 Å². The average molecular weight is 443 g/mol. The number of aromatic nitrogens is 4. The van der Waals surface area contributed by atoms with Gasteiger partial charge in [-0.1, -0.05) is 24.2 Å². The minimum absolute atomic E-state index is 0.170. The molecule has 2 heterocycles. The van der Waals surface area contributed by atoms with Crippen molar-refractivity contribution < 1.29 is 14.1 Å². The number of H-pyrrole nitrogens is 1. The van der Waals surface area contributed by atoms with Crippen LogP contribution >= 0.6 is 0 Å². The van der Waals surface area contributed by atoms with Crippen LogP contribution in [-0.4, -0.2) is 43.2 Å². The zero-order valence-corrected chi connectivity index (χ0v) is 19.4. The first-order valence-corrected chi connectivity index (χ1v) is 10.5.